The van der Waals surface area contributed by atoms with E-state index in [-0.39, 0.29) is 12.3 Å². The first-order valence-corrected chi connectivity index (χ1v) is 9.67. The topological polar surface area (TPSA) is 101 Å². The smallest absolute Gasteiger partial charge is 0.244 e. The Bertz CT molecular complexity index is 774. The number of nitrogens with one attached hydrogen (secondary N) is 2. The lowest BCUT2D eigenvalue weighted by molar-refractivity contribution is -0.130. The van der Waals surface area contributed by atoms with Crippen molar-refractivity contribution in [1.29, 1.82) is 0 Å². The minimum atomic E-state index is -0.951. The van der Waals surface area contributed by atoms with Crippen molar-refractivity contribution < 1.29 is 14.4 Å². The van der Waals surface area contributed by atoms with Crippen LogP contribution in [0.15, 0.2) is 59.8 Å². The standard InChI is InChI=1S/C22H29N3O3/c1-4-14(3)20(21(23)27)25-22(28)18(24-19(26)5-2)13-15-10-11-16-8-6-7-9-17(16)12-15/h6-10,12,16,18,20H,3-5,11,13H2,1-2H3,(H2,23,27)(H,24,26)(H,25,28)/t16?,18?,20-/m0/s1. The van der Waals surface area contributed by atoms with Gasteiger partial charge in [0.1, 0.15) is 12.1 Å². The highest BCUT2D eigenvalue weighted by Crippen LogP contribution is 2.30. The van der Waals surface area contributed by atoms with Gasteiger partial charge in [-0.15, -0.1) is 0 Å². The molecular weight excluding hydrogens is 354 g/mol. The third-order valence-corrected chi connectivity index (χ3v) is 5.00. The Labute approximate surface area is 166 Å². The van der Waals surface area contributed by atoms with Crippen molar-refractivity contribution in [2.75, 3.05) is 0 Å². The molecule has 2 rings (SSSR count). The summed E-state index contributed by atoms with van der Waals surface area (Å²) in [6.45, 7) is 7.37. The second-order valence-electron chi connectivity index (χ2n) is 7.04. The number of primary amides is 1. The van der Waals surface area contributed by atoms with E-state index in [0.29, 0.717) is 24.3 Å². The average Bonchev–Trinajstić information content (AvgIpc) is 2.70. The monoisotopic (exact) mass is 383 g/mol. The largest absolute Gasteiger partial charge is 0.368 e. The van der Waals surface area contributed by atoms with Crippen LogP contribution in [-0.2, 0) is 14.4 Å². The number of rotatable bonds is 9. The number of hydrogen-bond acceptors (Lipinski definition) is 3. The van der Waals surface area contributed by atoms with Gasteiger partial charge in [-0.2, -0.15) is 0 Å². The Morgan fingerprint density at radius 1 is 1.21 bits per heavy atom. The summed E-state index contributed by atoms with van der Waals surface area (Å²) >= 11 is 0. The molecule has 3 amide bonds. The summed E-state index contributed by atoms with van der Waals surface area (Å²) < 4.78 is 0. The quantitative estimate of drug-likeness (QED) is 0.532. The van der Waals surface area contributed by atoms with Crippen LogP contribution >= 0.6 is 0 Å². The molecule has 2 aliphatic carbocycles. The van der Waals surface area contributed by atoms with Crippen LogP contribution < -0.4 is 16.4 Å². The maximum Gasteiger partial charge on any atom is 0.244 e. The Kier molecular flexibility index (Phi) is 7.55. The van der Waals surface area contributed by atoms with E-state index in [1.54, 1.807) is 6.92 Å². The highest BCUT2D eigenvalue weighted by Gasteiger charge is 2.27. The minimum absolute atomic E-state index is 0.229. The predicted molar refractivity (Wildman–Crippen MR) is 110 cm³/mol. The van der Waals surface area contributed by atoms with Crippen molar-refractivity contribution >= 4 is 17.7 Å². The van der Waals surface area contributed by atoms with Crippen LogP contribution in [0, 0.1) is 5.92 Å². The maximum atomic E-state index is 12.8. The molecule has 0 heterocycles. The van der Waals surface area contributed by atoms with Gasteiger partial charge >= 0.3 is 0 Å². The molecule has 0 saturated carbocycles. The zero-order valence-electron chi connectivity index (χ0n) is 16.5. The van der Waals surface area contributed by atoms with E-state index in [4.69, 9.17) is 5.73 Å². The molecular formula is C22H29N3O3. The van der Waals surface area contributed by atoms with Gasteiger partial charge in [-0.25, -0.2) is 0 Å². The van der Waals surface area contributed by atoms with Crippen LogP contribution in [0.5, 0.6) is 0 Å². The summed E-state index contributed by atoms with van der Waals surface area (Å²) in [5.74, 6) is -0.978. The summed E-state index contributed by atoms with van der Waals surface area (Å²) in [6.07, 6.45) is 14.4. The van der Waals surface area contributed by atoms with Crippen molar-refractivity contribution in [2.45, 2.75) is 51.6 Å². The summed E-state index contributed by atoms with van der Waals surface area (Å²) in [5, 5.41) is 5.39. The van der Waals surface area contributed by atoms with Gasteiger partial charge in [0.05, 0.1) is 0 Å². The third kappa shape index (κ3) is 5.55. The van der Waals surface area contributed by atoms with Gasteiger partial charge in [0.2, 0.25) is 17.7 Å². The highest BCUT2D eigenvalue weighted by molar-refractivity contribution is 5.93. The second kappa shape index (κ2) is 9.88. The fourth-order valence-corrected chi connectivity index (χ4v) is 3.23. The molecule has 6 heteroatoms. The number of nitrogens with two attached hydrogens (primary N) is 1. The maximum absolute atomic E-state index is 12.8. The van der Waals surface area contributed by atoms with Crippen LogP contribution in [0.3, 0.4) is 0 Å². The molecule has 0 spiro atoms. The van der Waals surface area contributed by atoms with E-state index >= 15 is 0 Å². The van der Waals surface area contributed by atoms with E-state index in [1.165, 1.54) is 5.57 Å². The van der Waals surface area contributed by atoms with Crippen LogP contribution in [0.25, 0.3) is 0 Å². The molecule has 0 aliphatic heterocycles. The summed E-state index contributed by atoms with van der Waals surface area (Å²) in [4.78, 5) is 36.5. The Morgan fingerprint density at radius 2 is 1.96 bits per heavy atom. The number of hydrogen-bond donors (Lipinski definition) is 3. The molecule has 150 valence electrons. The molecule has 2 aliphatic rings. The third-order valence-electron chi connectivity index (χ3n) is 5.00. The summed E-state index contributed by atoms with van der Waals surface area (Å²) in [7, 11) is 0. The van der Waals surface area contributed by atoms with Crippen molar-refractivity contribution in [3.63, 3.8) is 0 Å². The average molecular weight is 383 g/mol. The number of fused-ring (bicyclic) bond motifs is 1. The van der Waals surface area contributed by atoms with Gasteiger partial charge in [-0.05, 0) is 29.6 Å². The molecule has 0 aromatic rings. The minimum Gasteiger partial charge on any atom is -0.368 e. The van der Waals surface area contributed by atoms with Crippen LogP contribution in [0.4, 0.5) is 0 Å². The second-order valence-corrected chi connectivity index (χ2v) is 7.04. The number of carbonyl (C=O) groups is 3. The van der Waals surface area contributed by atoms with Gasteiger partial charge < -0.3 is 16.4 Å². The first-order valence-electron chi connectivity index (χ1n) is 9.67. The van der Waals surface area contributed by atoms with Gasteiger partial charge in [0.15, 0.2) is 0 Å². The SMILES string of the molecule is C=C(CC)[C@H](NC(=O)C(CC1=CCC2C=CC=CC2=C1)NC(=O)CC)C(N)=O. The zero-order chi connectivity index (χ0) is 20.7. The number of carbonyl (C=O) groups excluding carboxylic acids is 3. The van der Waals surface area contributed by atoms with Gasteiger partial charge in [0, 0.05) is 18.8 Å². The molecule has 6 nitrogen and oxygen atoms in total. The van der Waals surface area contributed by atoms with Crippen LogP contribution in [0.2, 0.25) is 0 Å². The number of amides is 3. The fraction of sp³-hybridized carbons (Fsp3) is 0.409. The van der Waals surface area contributed by atoms with E-state index in [0.717, 1.165) is 12.0 Å². The summed E-state index contributed by atoms with van der Waals surface area (Å²) in [6, 6.07) is -1.74. The lowest BCUT2D eigenvalue weighted by Gasteiger charge is -2.25. The molecule has 0 aromatic heterocycles. The highest BCUT2D eigenvalue weighted by atomic mass is 16.2. The molecule has 2 unspecified atom stereocenters. The van der Waals surface area contributed by atoms with E-state index in [9.17, 15) is 14.4 Å². The van der Waals surface area contributed by atoms with Crippen molar-refractivity contribution in [2.24, 2.45) is 11.7 Å². The Morgan fingerprint density at radius 3 is 2.61 bits per heavy atom. The summed E-state index contributed by atoms with van der Waals surface area (Å²) in [5.41, 5.74) is 8.11. The van der Waals surface area contributed by atoms with Gasteiger partial charge in [0.25, 0.3) is 0 Å². The molecule has 0 aromatic carbocycles. The predicted octanol–water partition coefficient (Wildman–Crippen LogP) is 2.21. The van der Waals surface area contributed by atoms with Crippen LogP contribution in [-0.4, -0.2) is 29.8 Å². The van der Waals surface area contributed by atoms with Gasteiger partial charge in [-0.1, -0.05) is 56.9 Å². The van der Waals surface area contributed by atoms with E-state index in [1.807, 2.05) is 19.1 Å². The normalized spacial score (nSPS) is 19.6. The molecule has 4 N–H and O–H groups in total. The van der Waals surface area contributed by atoms with Crippen LogP contribution in [0.1, 0.15) is 39.5 Å². The molecule has 0 radical (unpaired) electrons. The van der Waals surface area contributed by atoms with Crippen molar-refractivity contribution in [3.05, 3.63) is 59.8 Å². The van der Waals surface area contributed by atoms with Crippen molar-refractivity contribution in [1.82, 2.24) is 10.6 Å². The molecule has 3 atom stereocenters. The molecule has 0 bridgehead atoms. The number of allylic oxidation sites excluding steroid dienone is 7. The molecule has 28 heavy (non-hydrogen) atoms. The van der Waals surface area contributed by atoms with Crippen molar-refractivity contribution in [3.8, 4) is 0 Å². The lowest BCUT2D eigenvalue weighted by Crippen LogP contribution is -2.53. The molecule has 0 fully saturated rings. The Hall–Kier alpha value is -2.89. The lowest BCUT2D eigenvalue weighted by atomic mass is 9.84. The zero-order valence-corrected chi connectivity index (χ0v) is 16.5. The Balaban J connectivity index is 2.15. The van der Waals surface area contributed by atoms with E-state index < -0.39 is 23.9 Å². The molecule has 0 saturated heterocycles. The first kappa shape index (κ1) is 21.4. The first-order chi connectivity index (χ1) is 13.3. The fourth-order valence-electron chi connectivity index (χ4n) is 3.23. The van der Waals surface area contributed by atoms with E-state index in [2.05, 4.69) is 41.5 Å². The van der Waals surface area contributed by atoms with Gasteiger partial charge in [-0.3, -0.25) is 14.4 Å².